The predicted octanol–water partition coefficient (Wildman–Crippen LogP) is 2.59. The topological polar surface area (TPSA) is 58.2 Å². The van der Waals surface area contributed by atoms with Crippen molar-refractivity contribution in [3.05, 3.63) is 24.3 Å². The summed E-state index contributed by atoms with van der Waals surface area (Å²) in [5, 5.41) is 3.34. The molecule has 4 nitrogen and oxygen atoms in total. The van der Waals surface area contributed by atoms with E-state index in [9.17, 15) is 8.42 Å². The minimum Gasteiger partial charge on any atom is -0.383 e. The van der Waals surface area contributed by atoms with E-state index in [0.717, 1.165) is 18.5 Å². The smallest absolute Gasteiger partial charge is 0.240 e. The molecule has 0 saturated heterocycles. The van der Waals surface area contributed by atoms with Gasteiger partial charge < -0.3 is 5.32 Å². The third-order valence-corrected chi connectivity index (χ3v) is 4.20. The molecule has 0 aromatic heterocycles. The van der Waals surface area contributed by atoms with E-state index in [1.54, 1.807) is 31.2 Å². The Bertz CT molecular complexity index is 454. The van der Waals surface area contributed by atoms with E-state index in [4.69, 9.17) is 0 Å². The molecule has 0 saturated carbocycles. The first-order chi connectivity index (χ1) is 8.49. The maximum absolute atomic E-state index is 11.7. The molecular weight excluding hydrogens is 248 g/mol. The summed E-state index contributed by atoms with van der Waals surface area (Å²) in [6.07, 6.45) is 2.22. The molecule has 1 rings (SSSR count). The van der Waals surface area contributed by atoms with E-state index in [0.29, 0.717) is 17.5 Å². The fourth-order valence-corrected chi connectivity index (χ4v) is 2.83. The Morgan fingerprint density at radius 2 is 1.78 bits per heavy atom. The van der Waals surface area contributed by atoms with Crippen molar-refractivity contribution in [3.63, 3.8) is 0 Å². The van der Waals surface area contributed by atoms with Crippen molar-refractivity contribution in [3.8, 4) is 0 Å². The van der Waals surface area contributed by atoms with Gasteiger partial charge in [0.05, 0.1) is 4.90 Å². The summed E-state index contributed by atoms with van der Waals surface area (Å²) in [6.45, 7) is 6.42. The highest BCUT2D eigenvalue weighted by Crippen LogP contribution is 2.15. The van der Waals surface area contributed by atoms with Crippen molar-refractivity contribution in [2.45, 2.75) is 44.6 Å². The van der Waals surface area contributed by atoms with Crippen molar-refractivity contribution < 1.29 is 8.42 Å². The van der Waals surface area contributed by atoms with E-state index in [1.165, 1.54) is 0 Å². The van der Waals surface area contributed by atoms with E-state index in [-0.39, 0.29) is 0 Å². The first-order valence-electron chi connectivity index (χ1n) is 6.35. The Morgan fingerprint density at radius 3 is 2.28 bits per heavy atom. The van der Waals surface area contributed by atoms with Crippen LogP contribution >= 0.6 is 0 Å². The Hall–Kier alpha value is -1.07. The molecule has 0 heterocycles. The van der Waals surface area contributed by atoms with Crippen LogP contribution in [0.15, 0.2) is 29.2 Å². The molecule has 0 aliphatic carbocycles. The Kier molecular flexibility index (Phi) is 5.62. The van der Waals surface area contributed by atoms with Crippen LogP contribution in [0.5, 0.6) is 0 Å². The number of hydrogen-bond acceptors (Lipinski definition) is 3. The van der Waals surface area contributed by atoms with Gasteiger partial charge in [-0.3, -0.25) is 0 Å². The molecule has 0 bridgehead atoms. The van der Waals surface area contributed by atoms with Crippen molar-refractivity contribution in [1.82, 2.24) is 4.72 Å². The molecule has 1 atom stereocenters. The van der Waals surface area contributed by atoms with Crippen molar-refractivity contribution in [2.24, 2.45) is 0 Å². The molecule has 2 N–H and O–H groups in total. The summed E-state index contributed by atoms with van der Waals surface area (Å²) in [7, 11) is -3.34. The van der Waals surface area contributed by atoms with Gasteiger partial charge >= 0.3 is 0 Å². The molecule has 1 aromatic carbocycles. The summed E-state index contributed by atoms with van der Waals surface area (Å²) >= 11 is 0. The molecular formula is C13H22N2O2S. The highest BCUT2D eigenvalue weighted by atomic mass is 32.2. The van der Waals surface area contributed by atoms with Gasteiger partial charge in [-0.15, -0.1) is 0 Å². The van der Waals surface area contributed by atoms with Crippen LogP contribution in [0, 0.1) is 0 Å². The molecule has 102 valence electrons. The van der Waals surface area contributed by atoms with Gasteiger partial charge in [-0.1, -0.05) is 20.3 Å². The second-order valence-corrected chi connectivity index (χ2v) is 6.13. The standard InChI is InChI=1S/C13H22N2O2S/c1-4-6-11(3)15-12-7-9-13(10-8-12)18(16,17)14-5-2/h7-11,14-15H,4-6H2,1-3H3. The van der Waals surface area contributed by atoms with Crippen LogP contribution in [0.25, 0.3) is 0 Å². The molecule has 0 radical (unpaired) electrons. The molecule has 1 aromatic rings. The summed E-state index contributed by atoms with van der Waals surface area (Å²) in [5.74, 6) is 0. The first-order valence-corrected chi connectivity index (χ1v) is 7.84. The lowest BCUT2D eigenvalue weighted by atomic mass is 10.2. The number of hydrogen-bond donors (Lipinski definition) is 2. The SMILES string of the molecule is CCCC(C)Nc1ccc(S(=O)(=O)NCC)cc1. The zero-order valence-corrected chi connectivity index (χ0v) is 12.0. The molecule has 0 aliphatic rings. The maximum Gasteiger partial charge on any atom is 0.240 e. The number of benzene rings is 1. The number of nitrogens with one attached hydrogen (secondary N) is 2. The fourth-order valence-electron chi connectivity index (χ4n) is 1.79. The third kappa shape index (κ3) is 4.31. The highest BCUT2D eigenvalue weighted by molar-refractivity contribution is 7.89. The minimum atomic E-state index is -3.34. The molecule has 5 heteroatoms. The summed E-state index contributed by atoms with van der Waals surface area (Å²) in [5.41, 5.74) is 0.950. The zero-order chi connectivity index (χ0) is 13.6. The number of anilines is 1. The number of rotatable bonds is 7. The van der Waals surface area contributed by atoms with Gasteiger partial charge in [0.25, 0.3) is 0 Å². The van der Waals surface area contributed by atoms with Crippen molar-refractivity contribution in [2.75, 3.05) is 11.9 Å². The molecule has 0 aliphatic heterocycles. The third-order valence-electron chi connectivity index (χ3n) is 2.63. The highest BCUT2D eigenvalue weighted by Gasteiger charge is 2.11. The lowest BCUT2D eigenvalue weighted by Gasteiger charge is -2.14. The summed E-state index contributed by atoms with van der Waals surface area (Å²) < 4.78 is 25.9. The van der Waals surface area contributed by atoms with Gasteiger partial charge in [0, 0.05) is 18.3 Å². The largest absolute Gasteiger partial charge is 0.383 e. The van der Waals surface area contributed by atoms with Crippen LogP contribution < -0.4 is 10.0 Å². The van der Waals surface area contributed by atoms with Gasteiger partial charge in [-0.25, -0.2) is 13.1 Å². The van der Waals surface area contributed by atoms with Crippen LogP contribution in [-0.2, 0) is 10.0 Å². The lowest BCUT2D eigenvalue weighted by Crippen LogP contribution is -2.23. The monoisotopic (exact) mass is 270 g/mol. The van der Waals surface area contributed by atoms with Gasteiger partial charge in [-0.05, 0) is 37.6 Å². The van der Waals surface area contributed by atoms with Gasteiger partial charge in [0.15, 0.2) is 0 Å². The fraction of sp³-hybridized carbons (Fsp3) is 0.538. The number of sulfonamides is 1. The molecule has 18 heavy (non-hydrogen) atoms. The maximum atomic E-state index is 11.7. The molecule has 0 amide bonds. The molecule has 1 unspecified atom stereocenters. The van der Waals surface area contributed by atoms with Gasteiger partial charge in [-0.2, -0.15) is 0 Å². The van der Waals surface area contributed by atoms with Crippen LogP contribution in [0.4, 0.5) is 5.69 Å². The van der Waals surface area contributed by atoms with E-state index >= 15 is 0 Å². The average molecular weight is 270 g/mol. The van der Waals surface area contributed by atoms with Crippen LogP contribution in [0.1, 0.15) is 33.6 Å². The predicted molar refractivity (Wildman–Crippen MR) is 75.3 cm³/mol. The Labute approximate surface area is 110 Å². The first kappa shape index (κ1) is 15.0. The summed E-state index contributed by atoms with van der Waals surface area (Å²) in [4.78, 5) is 0.304. The van der Waals surface area contributed by atoms with Crippen LogP contribution in [-0.4, -0.2) is 21.0 Å². The molecule has 0 spiro atoms. The normalized spacial score (nSPS) is 13.3. The quantitative estimate of drug-likeness (QED) is 0.800. The van der Waals surface area contributed by atoms with Crippen LogP contribution in [0.3, 0.4) is 0 Å². The van der Waals surface area contributed by atoms with Crippen LogP contribution in [0.2, 0.25) is 0 Å². The van der Waals surface area contributed by atoms with E-state index in [2.05, 4.69) is 23.9 Å². The minimum absolute atomic E-state index is 0.304. The molecule has 0 fully saturated rings. The Morgan fingerprint density at radius 1 is 1.17 bits per heavy atom. The van der Waals surface area contributed by atoms with Gasteiger partial charge in [0.2, 0.25) is 10.0 Å². The van der Waals surface area contributed by atoms with Crippen molar-refractivity contribution >= 4 is 15.7 Å². The van der Waals surface area contributed by atoms with Crippen molar-refractivity contribution in [1.29, 1.82) is 0 Å². The van der Waals surface area contributed by atoms with E-state index in [1.807, 2.05) is 0 Å². The second kappa shape index (κ2) is 6.75. The van der Waals surface area contributed by atoms with E-state index < -0.39 is 10.0 Å². The zero-order valence-electron chi connectivity index (χ0n) is 11.2. The summed E-state index contributed by atoms with van der Waals surface area (Å²) in [6, 6.07) is 7.25. The Balaban J connectivity index is 2.74. The van der Waals surface area contributed by atoms with Gasteiger partial charge in [0.1, 0.15) is 0 Å². The average Bonchev–Trinajstić information content (AvgIpc) is 2.30. The lowest BCUT2D eigenvalue weighted by molar-refractivity contribution is 0.584. The second-order valence-electron chi connectivity index (χ2n) is 4.36.